The summed E-state index contributed by atoms with van der Waals surface area (Å²) >= 11 is 3.40. The molecule has 2 rings (SSSR count). The topological polar surface area (TPSA) is 12.0 Å². The number of alkyl halides is 1. The molecule has 1 fully saturated rings. The van der Waals surface area contributed by atoms with Crippen LogP contribution in [0.2, 0.25) is 0 Å². The van der Waals surface area contributed by atoms with Crippen molar-refractivity contribution in [2.45, 2.75) is 19.0 Å². The normalized spacial score (nSPS) is 22.9. The van der Waals surface area contributed by atoms with Gasteiger partial charge in [0.15, 0.2) is 0 Å². The van der Waals surface area contributed by atoms with Gasteiger partial charge in [0.1, 0.15) is 6.17 Å². The van der Waals surface area contributed by atoms with Crippen LogP contribution in [-0.2, 0) is 6.42 Å². The van der Waals surface area contributed by atoms with Crippen LogP contribution in [0.1, 0.15) is 12.0 Å². The Morgan fingerprint density at radius 3 is 3.07 bits per heavy atom. The quantitative estimate of drug-likeness (QED) is 0.892. The summed E-state index contributed by atoms with van der Waals surface area (Å²) in [7, 11) is 0. The molecule has 1 heterocycles. The molecule has 3 heteroatoms. The molecule has 0 saturated carbocycles. The maximum absolute atomic E-state index is 13.9. The second-order valence-electron chi connectivity index (χ2n) is 4.10. The minimum absolute atomic E-state index is 0.198. The van der Waals surface area contributed by atoms with Gasteiger partial charge in [0.2, 0.25) is 0 Å². The largest absolute Gasteiger partial charge is 0.316 e. The molecule has 1 nitrogen and oxygen atoms in total. The highest BCUT2D eigenvalue weighted by molar-refractivity contribution is 9.10. The van der Waals surface area contributed by atoms with Crippen molar-refractivity contribution in [3.8, 4) is 0 Å². The van der Waals surface area contributed by atoms with Crippen LogP contribution in [0.3, 0.4) is 0 Å². The van der Waals surface area contributed by atoms with Crippen LogP contribution >= 0.6 is 15.9 Å². The zero-order valence-electron chi connectivity index (χ0n) is 8.55. The fraction of sp³-hybridized carbons (Fsp3) is 0.500. The van der Waals surface area contributed by atoms with Gasteiger partial charge in [-0.1, -0.05) is 28.1 Å². The molecule has 0 spiro atoms. The van der Waals surface area contributed by atoms with Gasteiger partial charge in [0.05, 0.1) is 0 Å². The van der Waals surface area contributed by atoms with Gasteiger partial charge in [-0.05, 0) is 30.7 Å². The van der Waals surface area contributed by atoms with Gasteiger partial charge in [-0.2, -0.15) is 0 Å². The second-order valence-corrected chi connectivity index (χ2v) is 5.02. The van der Waals surface area contributed by atoms with Gasteiger partial charge in [0.25, 0.3) is 0 Å². The van der Waals surface area contributed by atoms with E-state index in [9.17, 15) is 4.39 Å². The zero-order valence-corrected chi connectivity index (χ0v) is 10.1. The molecule has 1 saturated heterocycles. The molecule has 82 valence electrons. The maximum atomic E-state index is 13.9. The van der Waals surface area contributed by atoms with Crippen LogP contribution in [0.4, 0.5) is 4.39 Å². The van der Waals surface area contributed by atoms with E-state index in [2.05, 4.69) is 21.2 Å². The average molecular weight is 272 g/mol. The first-order valence-corrected chi connectivity index (χ1v) is 6.14. The predicted molar refractivity (Wildman–Crippen MR) is 63.7 cm³/mol. The minimum atomic E-state index is -0.714. The number of hydrogen-bond acceptors (Lipinski definition) is 1. The molecule has 1 aromatic carbocycles. The van der Waals surface area contributed by atoms with E-state index < -0.39 is 6.17 Å². The van der Waals surface area contributed by atoms with Crippen molar-refractivity contribution in [1.82, 2.24) is 5.32 Å². The van der Waals surface area contributed by atoms with Crippen LogP contribution in [0, 0.1) is 5.92 Å². The second kappa shape index (κ2) is 5.08. The van der Waals surface area contributed by atoms with E-state index in [0.29, 0.717) is 6.42 Å². The summed E-state index contributed by atoms with van der Waals surface area (Å²) in [6.07, 6.45) is 0.787. The molecular weight excluding hydrogens is 257 g/mol. The highest BCUT2D eigenvalue weighted by Crippen LogP contribution is 2.21. The Labute approximate surface area is 98.2 Å². The SMILES string of the molecule is FC(Cc1cccc(Br)c1)C1CCNC1. The number of halogens is 2. The Bertz CT molecular complexity index is 323. The summed E-state index contributed by atoms with van der Waals surface area (Å²) in [4.78, 5) is 0. The lowest BCUT2D eigenvalue weighted by atomic mass is 9.97. The van der Waals surface area contributed by atoms with Gasteiger partial charge >= 0.3 is 0 Å². The molecule has 1 aromatic rings. The molecule has 1 aliphatic heterocycles. The van der Waals surface area contributed by atoms with E-state index in [0.717, 1.165) is 29.5 Å². The monoisotopic (exact) mass is 271 g/mol. The summed E-state index contributed by atoms with van der Waals surface area (Å²) < 4.78 is 14.9. The van der Waals surface area contributed by atoms with Crippen LogP contribution in [0.15, 0.2) is 28.7 Å². The molecule has 0 aromatic heterocycles. The van der Waals surface area contributed by atoms with E-state index in [1.165, 1.54) is 0 Å². The summed E-state index contributed by atoms with van der Waals surface area (Å²) in [6.45, 7) is 1.79. The summed E-state index contributed by atoms with van der Waals surface area (Å²) in [5.41, 5.74) is 1.07. The molecular formula is C12H15BrFN. The molecule has 0 bridgehead atoms. The lowest BCUT2D eigenvalue weighted by Crippen LogP contribution is -2.21. The molecule has 2 unspecified atom stereocenters. The Hall–Kier alpha value is -0.410. The number of hydrogen-bond donors (Lipinski definition) is 1. The van der Waals surface area contributed by atoms with Crippen molar-refractivity contribution in [2.75, 3.05) is 13.1 Å². The van der Waals surface area contributed by atoms with Crippen molar-refractivity contribution in [3.63, 3.8) is 0 Å². The average Bonchev–Trinajstić information content (AvgIpc) is 2.70. The standard InChI is InChI=1S/C12H15BrFN/c13-11-3-1-2-9(6-11)7-12(14)10-4-5-15-8-10/h1-3,6,10,12,15H,4-5,7-8H2. The van der Waals surface area contributed by atoms with Crippen molar-refractivity contribution >= 4 is 15.9 Å². The third-order valence-corrected chi connectivity index (χ3v) is 3.42. The molecule has 15 heavy (non-hydrogen) atoms. The van der Waals surface area contributed by atoms with E-state index >= 15 is 0 Å². The molecule has 1 N–H and O–H groups in total. The van der Waals surface area contributed by atoms with Gasteiger partial charge < -0.3 is 5.32 Å². The highest BCUT2D eigenvalue weighted by Gasteiger charge is 2.24. The number of nitrogens with one attached hydrogen (secondary N) is 1. The fourth-order valence-corrected chi connectivity index (χ4v) is 2.49. The van der Waals surface area contributed by atoms with E-state index in [1.54, 1.807) is 0 Å². The zero-order chi connectivity index (χ0) is 10.7. The third kappa shape index (κ3) is 3.02. The Morgan fingerprint density at radius 1 is 1.53 bits per heavy atom. The van der Waals surface area contributed by atoms with Crippen LogP contribution < -0.4 is 5.32 Å². The Kier molecular flexibility index (Phi) is 3.76. The summed E-state index contributed by atoms with van der Waals surface area (Å²) in [6, 6.07) is 7.90. The summed E-state index contributed by atoms with van der Waals surface area (Å²) in [5, 5.41) is 3.20. The number of rotatable bonds is 3. The molecule has 2 atom stereocenters. The molecule has 1 aliphatic rings. The van der Waals surface area contributed by atoms with Crippen LogP contribution in [-0.4, -0.2) is 19.3 Å². The first-order chi connectivity index (χ1) is 7.25. The Morgan fingerprint density at radius 2 is 2.40 bits per heavy atom. The van der Waals surface area contributed by atoms with Crippen molar-refractivity contribution in [1.29, 1.82) is 0 Å². The van der Waals surface area contributed by atoms with Gasteiger partial charge in [-0.3, -0.25) is 0 Å². The van der Waals surface area contributed by atoms with E-state index in [-0.39, 0.29) is 5.92 Å². The minimum Gasteiger partial charge on any atom is -0.316 e. The smallest absolute Gasteiger partial charge is 0.108 e. The predicted octanol–water partition coefficient (Wildman–Crippen LogP) is 2.94. The Balaban J connectivity index is 1.95. The third-order valence-electron chi connectivity index (χ3n) is 2.93. The molecule has 0 radical (unpaired) electrons. The first-order valence-electron chi connectivity index (χ1n) is 5.35. The maximum Gasteiger partial charge on any atom is 0.108 e. The van der Waals surface area contributed by atoms with Gasteiger partial charge in [-0.25, -0.2) is 4.39 Å². The van der Waals surface area contributed by atoms with Crippen molar-refractivity contribution < 1.29 is 4.39 Å². The summed E-state index contributed by atoms with van der Waals surface area (Å²) in [5.74, 6) is 0.198. The molecule has 0 amide bonds. The van der Waals surface area contributed by atoms with Crippen LogP contribution in [0.25, 0.3) is 0 Å². The van der Waals surface area contributed by atoms with Gasteiger partial charge in [0, 0.05) is 23.4 Å². The van der Waals surface area contributed by atoms with E-state index in [4.69, 9.17) is 0 Å². The first kappa shape index (κ1) is 11.1. The number of benzene rings is 1. The van der Waals surface area contributed by atoms with Gasteiger partial charge in [-0.15, -0.1) is 0 Å². The lowest BCUT2D eigenvalue weighted by Gasteiger charge is -2.14. The van der Waals surface area contributed by atoms with Crippen LogP contribution in [0.5, 0.6) is 0 Å². The van der Waals surface area contributed by atoms with E-state index in [1.807, 2.05) is 24.3 Å². The molecule has 0 aliphatic carbocycles. The highest BCUT2D eigenvalue weighted by atomic mass is 79.9. The fourth-order valence-electron chi connectivity index (χ4n) is 2.04. The lowest BCUT2D eigenvalue weighted by molar-refractivity contribution is 0.240. The van der Waals surface area contributed by atoms with Crippen molar-refractivity contribution in [3.05, 3.63) is 34.3 Å². The van der Waals surface area contributed by atoms with Crippen molar-refractivity contribution in [2.24, 2.45) is 5.92 Å².